The number of esters is 1. The molecule has 0 unspecified atom stereocenters. The monoisotopic (exact) mass is 360 g/mol. The molecule has 2 nitrogen and oxygen atoms in total. The molecule has 0 heterocycles. The average Bonchev–Trinajstić information content (AvgIpc) is 2.72. The molecule has 3 aliphatic rings. The second-order valence-corrected chi connectivity index (χ2v) is 9.46. The second-order valence-electron chi connectivity index (χ2n) is 9.46. The molecule has 3 fully saturated rings. The number of ether oxygens (including phenoxy) is 1. The molecule has 2 heteroatoms. The fraction of sp³-hybridized carbons (Fsp3) is 0.875. The van der Waals surface area contributed by atoms with Crippen molar-refractivity contribution in [3.8, 4) is 0 Å². The van der Waals surface area contributed by atoms with Gasteiger partial charge >= 0.3 is 5.97 Å². The van der Waals surface area contributed by atoms with Crippen molar-refractivity contribution in [3.63, 3.8) is 0 Å². The summed E-state index contributed by atoms with van der Waals surface area (Å²) >= 11 is 0. The number of hydrogen-bond donors (Lipinski definition) is 0. The van der Waals surface area contributed by atoms with E-state index in [1.807, 2.05) is 0 Å². The Balaban J connectivity index is 1.36. The molecule has 0 aromatic carbocycles. The van der Waals surface area contributed by atoms with Crippen LogP contribution in [0.25, 0.3) is 0 Å². The molecule has 3 aliphatic carbocycles. The van der Waals surface area contributed by atoms with Crippen LogP contribution in [0, 0.1) is 35.5 Å². The summed E-state index contributed by atoms with van der Waals surface area (Å²) in [5.41, 5.74) is 0. The molecule has 0 spiro atoms. The van der Waals surface area contributed by atoms with Crippen LogP contribution in [0.2, 0.25) is 0 Å². The van der Waals surface area contributed by atoms with E-state index >= 15 is 0 Å². The minimum atomic E-state index is 0.0239. The SMILES string of the molecule is C=CCC[C@H]1CC[C@H]([C@H]2CC[C@H]([C@H]3CC[C@H](C(=O)OC)CC3)CC2)CC1. The highest BCUT2D eigenvalue weighted by molar-refractivity contribution is 5.72. The zero-order valence-electron chi connectivity index (χ0n) is 17.0. The fourth-order valence-electron chi connectivity index (χ4n) is 6.38. The predicted molar refractivity (Wildman–Crippen MR) is 108 cm³/mol. The van der Waals surface area contributed by atoms with Crippen molar-refractivity contribution in [2.75, 3.05) is 7.11 Å². The van der Waals surface area contributed by atoms with Crippen LogP contribution in [0.5, 0.6) is 0 Å². The van der Waals surface area contributed by atoms with E-state index in [1.165, 1.54) is 84.2 Å². The summed E-state index contributed by atoms with van der Waals surface area (Å²) in [6.45, 7) is 3.87. The topological polar surface area (TPSA) is 26.3 Å². The summed E-state index contributed by atoms with van der Waals surface area (Å²) in [6.07, 6.45) is 21.1. The Bertz CT molecular complexity index is 433. The summed E-state index contributed by atoms with van der Waals surface area (Å²) in [7, 11) is 1.53. The Morgan fingerprint density at radius 1 is 0.808 bits per heavy atom. The predicted octanol–water partition coefficient (Wildman–Crippen LogP) is 6.54. The zero-order chi connectivity index (χ0) is 18.4. The third-order valence-corrected chi connectivity index (χ3v) is 8.13. The normalized spacial score (nSPS) is 38.5. The van der Waals surface area contributed by atoms with Crippen LogP contribution < -0.4 is 0 Å². The quantitative estimate of drug-likeness (QED) is 0.397. The van der Waals surface area contributed by atoms with Crippen LogP contribution in [-0.4, -0.2) is 13.1 Å². The van der Waals surface area contributed by atoms with Crippen molar-refractivity contribution in [1.82, 2.24) is 0 Å². The summed E-state index contributed by atoms with van der Waals surface area (Å²) in [5, 5.41) is 0. The highest BCUT2D eigenvalue weighted by Crippen LogP contribution is 2.46. The molecular weight excluding hydrogens is 320 g/mol. The maximum atomic E-state index is 11.7. The van der Waals surface area contributed by atoms with Crippen molar-refractivity contribution < 1.29 is 9.53 Å². The van der Waals surface area contributed by atoms with Crippen LogP contribution in [0.3, 0.4) is 0 Å². The Kier molecular flexibility index (Phi) is 7.64. The van der Waals surface area contributed by atoms with E-state index in [9.17, 15) is 4.79 Å². The number of carbonyl (C=O) groups excluding carboxylic acids is 1. The Morgan fingerprint density at radius 2 is 1.23 bits per heavy atom. The summed E-state index contributed by atoms with van der Waals surface area (Å²) in [6, 6.07) is 0. The van der Waals surface area contributed by atoms with Crippen molar-refractivity contribution in [3.05, 3.63) is 12.7 Å². The molecule has 0 amide bonds. The van der Waals surface area contributed by atoms with Gasteiger partial charge in [-0.05, 0) is 107 Å². The van der Waals surface area contributed by atoms with Gasteiger partial charge in [-0.2, -0.15) is 0 Å². The van der Waals surface area contributed by atoms with E-state index in [0.29, 0.717) is 0 Å². The Labute approximate surface area is 161 Å². The van der Waals surface area contributed by atoms with Gasteiger partial charge in [0.1, 0.15) is 0 Å². The van der Waals surface area contributed by atoms with Gasteiger partial charge in [-0.15, -0.1) is 6.58 Å². The van der Waals surface area contributed by atoms with Crippen LogP contribution in [0.15, 0.2) is 12.7 Å². The van der Waals surface area contributed by atoms with Gasteiger partial charge < -0.3 is 4.74 Å². The number of methoxy groups -OCH3 is 1. The lowest BCUT2D eigenvalue weighted by Gasteiger charge is -2.41. The van der Waals surface area contributed by atoms with Gasteiger partial charge in [0.15, 0.2) is 0 Å². The minimum Gasteiger partial charge on any atom is -0.469 e. The van der Waals surface area contributed by atoms with Crippen molar-refractivity contribution in [2.24, 2.45) is 35.5 Å². The molecule has 0 bridgehead atoms. The van der Waals surface area contributed by atoms with Crippen molar-refractivity contribution in [1.29, 1.82) is 0 Å². The van der Waals surface area contributed by atoms with Crippen molar-refractivity contribution in [2.45, 2.75) is 89.9 Å². The first-order valence-electron chi connectivity index (χ1n) is 11.4. The maximum Gasteiger partial charge on any atom is 0.308 e. The molecule has 0 saturated heterocycles. The molecule has 148 valence electrons. The number of rotatable bonds is 6. The maximum absolute atomic E-state index is 11.7. The van der Waals surface area contributed by atoms with Gasteiger partial charge in [0, 0.05) is 0 Å². The number of carbonyl (C=O) groups is 1. The van der Waals surface area contributed by atoms with E-state index in [0.717, 1.165) is 42.4 Å². The van der Waals surface area contributed by atoms with Gasteiger partial charge in [-0.1, -0.05) is 18.9 Å². The van der Waals surface area contributed by atoms with E-state index in [1.54, 1.807) is 0 Å². The molecule has 0 radical (unpaired) electrons. The van der Waals surface area contributed by atoms with Gasteiger partial charge in [-0.3, -0.25) is 4.79 Å². The summed E-state index contributed by atoms with van der Waals surface area (Å²) in [5.74, 6) is 5.04. The molecule has 0 aliphatic heterocycles. The lowest BCUT2D eigenvalue weighted by atomic mass is 9.65. The minimum absolute atomic E-state index is 0.0239. The summed E-state index contributed by atoms with van der Waals surface area (Å²) in [4.78, 5) is 11.7. The van der Waals surface area contributed by atoms with Crippen molar-refractivity contribution >= 4 is 5.97 Å². The first kappa shape index (κ1) is 20.0. The van der Waals surface area contributed by atoms with Crippen LogP contribution >= 0.6 is 0 Å². The smallest absolute Gasteiger partial charge is 0.308 e. The largest absolute Gasteiger partial charge is 0.469 e. The highest BCUT2D eigenvalue weighted by Gasteiger charge is 2.35. The van der Waals surface area contributed by atoms with Gasteiger partial charge in [-0.25, -0.2) is 0 Å². The first-order valence-corrected chi connectivity index (χ1v) is 11.4. The Hall–Kier alpha value is -0.790. The zero-order valence-corrected chi connectivity index (χ0v) is 17.0. The second kappa shape index (κ2) is 9.95. The molecule has 26 heavy (non-hydrogen) atoms. The van der Waals surface area contributed by atoms with E-state index in [-0.39, 0.29) is 11.9 Å². The molecule has 3 rings (SSSR count). The first-order chi connectivity index (χ1) is 12.7. The van der Waals surface area contributed by atoms with Gasteiger partial charge in [0.2, 0.25) is 0 Å². The summed E-state index contributed by atoms with van der Waals surface area (Å²) < 4.78 is 4.94. The highest BCUT2D eigenvalue weighted by atomic mass is 16.5. The lowest BCUT2D eigenvalue weighted by molar-refractivity contribution is -0.147. The van der Waals surface area contributed by atoms with Crippen LogP contribution in [-0.2, 0) is 9.53 Å². The third-order valence-electron chi connectivity index (χ3n) is 8.13. The molecule has 3 saturated carbocycles. The van der Waals surface area contributed by atoms with Gasteiger partial charge in [0.05, 0.1) is 13.0 Å². The third kappa shape index (κ3) is 5.14. The van der Waals surface area contributed by atoms with Gasteiger partial charge in [0.25, 0.3) is 0 Å². The standard InChI is InChI=1S/C24H40O2/c1-3-4-5-18-6-8-19(9-7-18)20-10-12-21(13-11-20)22-14-16-23(17-15-22)24(25)26-2/h3,18-23H,1,4-17H2,2H3/t18-,19-,20-,21-,22-,23-. The molecule has 0 N–H and O–H groups in total. The van der Waals surface area contributed by atoms with Crippen LogP contribution in [0.1, 0.15) is 89.9 Å². The molecule has 0 aromatic heterocycles. The Morgan fingerprint density at radius 3 is 1.65 bits per heavy atom. The number of allylic oxidation sites excluding steroid dienone is 1. The lowest BCUT2D eigenvalue weighted by Crippen LogP contribution is -2.31. The van der Waals surface area contributed by atoms with E-state index in [4.69, 9.17) is 4.74 Å². The van der Waals surface area contributed by atoms with E-state index in [2.05, 4.69) is 12.7 Å². The molecule has 0 atom stereocenters. The molecular formula is C24H40O2. The fourth-order valence-corrected chi connectivity index (χ4v) is 6.38. The van der Waals surface area contributed by atoms with Crippen LogP contribution in [0.4, 0.5) is 0 Å². The molecule has 0 aromatic rings. The average molecular weight is 361 g/mol. The van der Waals surface area contributed by atoms with E-state index < -0.39 is 0 Å². The number of hydrogen-bond acceptors (Lipinski definition) is 2.